The van der Waals surface area contributed by atoms with Crippen molar-refractivity contribution < 1.29 is 0 Å². The van der Waals surface area contributed by atoms with Crippen LogP contribution in [0.15, 0.2) is 53.7 Å². The molecule has 0 atom stereocenters. The molecule has 0 fully saturated rings. The fourth-order valence-corrected chi connectivity index (χ4v) is 1.77. The van der Waals surface area contributed by atoms with Crippen LogP contribution in [0.3, 0.4) is 0 Å². The number of hydrogen-bond acceptors (Lipinski definition) is 2. The highest BCUT2D eigenvalue weighted by molar-refractivity contribution is 14.0. The summed E-state index contributed by atoms with van der Waals surface area (Å²) >= 11 is 0. The largest absolute Gasteiger partial charge is 0.370 e. The van der Waals surface area contributed by atoms with Crippen LogP contribution in [0.1, 0.15) is 12.6 Å². The molecule has 1 aromatic carbocycles. The van der Waals surface area contributed by atoms with Crippen LogP contribution in [-0.2, 0) is 6.54 Å². The average molecular weight is 382 g/mol. The first-order valence-corrected chi connectivity index (χ1v) is 6.17. The molecule has 0 bridgehead atoms. The molecular formula is C15H19IN4. The number of hydrogen-bond donors (Lipinski definition) is 2. The molecule has 0 aliphatic heterocycles. The molecule has 0 saturated carbocycles. The Balaban J connectivity index is 0.00000200. The van der Waals surface area contributed by atoms with Gasteiger partial charge in [0.05, 0.1) is 12.2 Å². The first-order valence-electron chi connectivity index (χ1n) is 6.17. The fourth-order valence-electron chi connectivity index (χ4n) is 1.77. The number of halogens is 1. The van der Waals surface area contributed by atoms with E-state index < -0.39 is 0 Å². The molecule has 0 spiro atoms. The predicted molar refractivity (Wildman–Crippen MR) is 95.3 cm³/mol. The number of guanidine groups is 1. The van der Waals surface area contributed by atoms with Gasteiger partial charge in [-0.1, -0.05) is 36.4 Å². The molecule has 0 aliphatic rings. The van der Waals surface area contributed by atoms with Crippen LogP contribution in [0.4, 0.5) is 0 Å². The molecule has 1 heterocycles. The molecule has 3 N–H and O–H groups in total. The van der Waals surface area contributed by atoms with Crippen LogP contribution in [0, 0.1) is 0 Å². The van der Waals surface area contributed by atoms with Gasteiger partial charge in [0.2, 0.25) is 0 Å². The maximum absolute atomic E-state index is 5.78. The lowest BCUT2D eigenvalue weighted by molar-refractivity contribution is 0.928. The maximum atomic E-state index is 5.78. The van der Waals surface area contributed by atoms with Crippen molar-refractivity contribution in [1.82, 2.24) is 10.3 Å². The summed E-state index contributed by atoms with van der Waals surface area (Å²) in [6.45, 7) is 6.84. The van der Waals surface area contributed by atoms with Gasteiger partial charge in [-0.25, -0.2) is 4.99 Å². The first kappa shape index (κ1) is 16.4. The maximum Gasteiger partial charge on any atom is 0.189 e. The number of nitrogens with zero attached hydrogens (tertiary/aromatic N) is 2. The molecule has 0 saturated heterocycles. The van der Waals surface area contributed by atoms with Gasteiger partial charge in [0.25, 0.3) is 0 Å². The molecule has 1 aromatic heterocycles. The SMILES string of the molecule is C=C(C)CNC(N)=NCc1nccc2ccccc12.I. The third kappa shape index (κ3) is 4.48. The molecule has 2 aromatic rings. The second-order valence-electron chi connectivity index (χ2n) is 4.49. The Morgan fingerprint density at radius 3 is 2.85 bits per heavy atom. The molecule has 0 amide bonds. The minimum Gasteiger partial charge on any atom is -0.370 e. The topological polar surface area (TPSA) is 63.3 Å². The van der Waals surface area contributed by atoms with Gasteiger partial charge in [0.15, 0.2) is 5.96 Å². The van der Waals surface area contributed by atoms with Gasteiger partial charge in [-0.2, -0.15) is 0 Å². The Bertz CT molecular complexity index is 617. The summed E-state index contributed by atoms with van der Waals surface area (Å²) in [5.41, 5.74) is 7.73. The van der Waals surface area contributed by atoms with E-state index in [1.54, 1.807) is 6.20 Å². The third-order valence-corrected chi connectivity index (χ3v) is 2.73. The van der Waals surface area contributed by atoms with Crippen molar-refractivity contribution >= 4 is 40.7 Å². The van der Waals surface area contributed by atoms with Gasteiger partial charge in [0, 0.05) is 18.1 Å². The van der Waals surface area contributed by atoms with Crippen LogP contribution >= 0.6 is 24.0 Å². The summed E-state index contributed by atoms with van der Waals surface area (Å²) in [6.07, 6.45) is 1.80. The van der Waals surface area contributed by atoms with Gasteiger partial charge in [-0.15, -0.1) is 24.0 Å². The van der Waals surface area contributed by atoms with E-state index in [-0.39, 0.29) is 24.0 Å². The monoisotopic (exact) mass is 382 g/mol. The third-order valence-electron chi connectivity index (χ3n) is 2.73. The number of pyridine rings is 1. The fraction of sp³-hybridized carbons (Fsp3) is 0.200. The number of rotatable bonds is 4. The van der Waals surface area contributed by atoms with Gasteiger partial charge >= 0.3 is 0 Å². The van der Waals surface area contributed by atoms with Gasteiger partial charge in [-0.3, -0.25) is 4.98 Å². The molecule has 5 heteroatoms. The summed E-state index contributed by atoms with van der Waals surface area (Å²) in [5, 5.41) is 5.28. The van der Waals surface area contributed by atoms with Crippen LogP contribution < -0.4 is 11.1 Å². The van der Waals surface area contributed by atoms with E-state index in [2.05, 4.69) is 27.9 Å². The Labute approximate surface area is 136 Å². The van der Waals surface area contributed by atoms with Crippen LogP contribution in [-0.4, -0.2) is 17.5 Å². The van der Waals surface area contributed by atoms with Crippen molar-refractivity contribution in [2.75, 3.05) is 6.54 Å². The van der Waals surface area contributed by atoms with Crippen molar-refractivity contribution in [3.05, 3.63) is 54.4 Å². The molecule has 0 radical (unpaired) electrons. The summed E-state index contributed by atoms with van der Waals surface area (Å²) < 4.78 is 0. The van der Waals surface area contributed by atoms with Crippen LogP contribution in [0.2, 0.25) is 0 Å². The molecular weight excluding hydrogens is 363 g/mol. The van der Waals surface area contributed by atoms with Crippen molar-refractivity contribution in [3.63, 3.8) is 0 Å². The van der Waals surface area contributed by atoms with Gasteiger partial charge in [-0.05, 0) is 18.4 Å². The highest BCUT2D eigenvalue weighted by Crippen LogP contribution is 2.16. The highest BCUT2D eigenvalue weighted by atomic mass is 127. The number of nitrogens with one attached hydrogen (secondary N) is 1. The van der Waals surface area contributed by atoms with Crippen molar-refractivity contribution in [2.24, 2.45) is 10.7 Å². The molecule has 20 heavy (non-hydrogen) atoms. The van der Waals surface area contributed by atoms with Crippen LogP contribution in [0.25, 0.3) is 10.8 Å². The van der Waals surface area contributed by atoms with Crippen molar-refractivity contribution in [1.29, 1.82) is 0 Å². The zero-order valence-electron chi connectivity index (χ0n) is 11.5. The zero-order valence-corrected chi connectivity index (χ0v) is 13.8. The number of aromatic nitrogens is 1. The van der Waals surface area contributed by atoms with E-state index in [1.807, 2.05) is 31.2 Å². The van der Waals surface area contributed by atoms with Gasteiger partial charge < -0.3 is 11.1 Å². The number of nitrogens with two attached hydrogens (primary N) is 1. The lowest BCUT2D eigenvalue weighted by Crippen LogP contribution is -2.32. The van der Waals surface area contributed by atoms with E-state index in [1.165, 1.54) is 0 Å². The Morgan fingerprint density at radius 1 is 1.35 bits per heavy atom. The van der Waals surface area contributed by atoms with Crippen molar-refractivity contribution in [2.45, 2.75) is 13.5 Å². The molecule has 0 aliphatic carbocycles. The first-order chi connectivity index (χ1) is 9.16. The number of aliphatic imine (C=N–C) groups is 1. The van der Waals surface area contributed by atoms with E-state index >= 15 is 0 Å². The van der Waals surface area contributed by atoms with E-state index in [4.69, 9.17) is 5.73 Å². The summed E-state index contributed by atoms with van der Waals surface area (Å²) in [5.74, 6) is 0.415. The second-order valence-corrected chi connectivity index (χ2v) is 4.49. The van der Waals surface area contributed by atoms with Crippen LogP contribution in [0.5, 0.6) is 0 Å². The smallest absolute Gasteiger partial charge is 0.189 e. The number of fused-ring (bicyclic) bond motifs is 1. The normalized spacial score (nSPS) is 10.9. The standard InChI is InChI=1S/C15H18N4.HI/c1-11(2)9-18-15(16)19-10-14-13-6-4-3-5-12(13)7-8-17-14;/h3-8H,1,9-10H2,2H3,(H3,16,18,19);1H. The summed E-state index contributed by atoms with van der Waals surface area (Å²) in [7, 11) is 0. The number of benzene rings is 1. The van der Waals surface area contributed by atoms with Gasteiger partial charge in [0.1, 0.15) is 0 Å². The summed E-state index contributed by atoms with van der Waals surface area (Å²) in [4.78, 5) is 8.66. The summed E-state index contributed by atoms with van der Waals surface area (Å²) in [6, 6.07) is 10.1. The Kier molecular flexibility index (Phi) is 6.44. The lowest BCUT2D eigenvalue weighted by Gasteiger charge is -2.06. The molecule has 0 unspecified atom stereocenters. The minimum atomic E-state index is 0. The zero-order chi connectivity index (χ0) is 13.7. The second kappa shape index (κ2) is 7.84. The van der Waals surface area contributed by atoms with E-state index in [9.17, 15) is 0 Å². The van der Waals surface area contributed by atoms with Crippen molar-refractivity contribution in [3.8, 4) is 0 Å². The Hall–Kier alpha value is -1.63. The molecule has 2 rings (SSSR count). The minimum absolute atomic E-state index is 0. The molecule has 106 valence electrons. The van der Waals surface area contributed by atoms with E-state index in [0.29, 0.717) is 19.0 Å². The average Bonchev–Trinajstić information content (AvgIpc) is 2.42. The quantitative estimate of drug-likeness (QED) is 0.370. The van der Waals surface area contributed by atoms with E-state index in [0.717, 1.165) is 22.0 Å². The lowest BCUT2D eigenvalue weighted by atomic mass is 10.1. The molecule has 4 nitrogen and oxygen atoms in total. The highest BCUT2D eigenvalue weighted by Gasteiger charge is 2.01. The predicted octanol–water partition coefficient (Wildman–Crippen LogP) is 2.83. The Morgan fingerprint density at radius 2 is 2.10 bits per heavy atom.